The standard InChI is InChI=1S/C17H15ClN6O/c1-2-16(13-4-3-5-14(18)10-13)20-21-17(25)12-6-8-15(9-7-12)24-11-19-22-23-24/h3-11H,2H2,1H3,(H,21,25)/b20-16+. The molecule has 2 aromatic carbocycles. The summed E-state index contributed by atoms with van der Waals surface area (Å²) in [5, 5.41) is 15.8. The summed E-state index contributed by atoms with van der Waals surface area (Å²) >= 11 is 6.00. The lowest BCUT2D eigenvalue weighted by Gasteiger charge is -2.06. The van der Waals surface area contributed by atoms with E-state index in [9.17, 15) is 4.79 Å². The fourth-order valence-corrected chi connectivity index (χ4v) is 2.43. The highest BCUT2D eigenvalue weighted by atomic mass is 35.5. The molecule has 0 bridgehead atoms. The summed E-state index contributed by atoms with van der Waals surface area (Å²) < 4.78 is 1.51. The van der Waals surface area contributed by atoms with Crippen LogP contribution in [0.5, 0.6) is 0 Å². The van der Waals surface area contributed by atoms with E-state index in [4.69, 9.17) is 11.6 Å². The van der Waals surface area contributed by atoms with Crippen LogP contribution in [0.25, 0.3) is 5.69 Å². The number of hydrogen-bond donors (Lipinski definition) is 1. The van der Waals surface area contributed by atoms with Crippen molar-refractivity contribution in [1.82, 2.24) is 25.6 Å². The van der Waals surface area contributed by atoms with E-state index in [2.05, 4.69) is 26.1 Å². The predicted molar refractivity (Wildman–Crippen MR) is 94.9 cm³/mol. The number of benzene rings is 2. The Kier molecular flexibility index (Phi) is 5.15. The first kappa shape index (κ1) is 16.8. The topological polar surface area (TPSA) is 85.1 Å². The number of hydrogen-bond acceptors (Lipinski definition) is 5. The molecular formula is C17H15ClN6O. The summed E-state index contributed by atoms with van der Waals surface area (Å²) in [6.45, 7) is 1.97. The summed E-state index contributed by atoms with van der Waals surface area (Å²) in [6.07, 6.45) is 2.15. The lowest BCUT2D eigenvalue weighted by atomic mass is 10.1. The van der Waals surface area contributed by atoms with Gasteiger partial charge < -0.3 is 0 Å². The minimum absolute atomic E-state index is 0.295. The minimum atomic E-state index is -0.295. The van der Waals surface area contributed by atoms with Gasteiger partial charge >= 0.3 is 0 Å². The number of nitrogens with zero attached hydrogens (tertiary/aromatic N) is 5. The second-order valence-corrected chi connectivity index (χ2v) is 5.60. The molecule has 126 valence electrons. The zero-order chi connectivity index (χ0) is 17.6. The molecule has 0 aliphatic rings. The smallest absolute Gasteiger partial charge is 0.267 e. The molecule has 0 saturated carbocycles. The van der Waals surface area contributed by atoms with E-state index in [1.165, 1.54) is 11.0 Å². The number of hydrazone groups is 1. The van der Waals surface area contributed by atoms with Crippen molar-refractivity contribution in [1.29, 1.82) is 0 Å². The fraction of sp³-hybridized carbons (Fsp3) is 0.118. The minimum Gasteiger partial charge on any atom is -0.267 e. The molecule has 0 aliphatic carbocycles. The number of carbonyl (C=O) groups excluding carboxylic acids is 1. The van der Waals surface area contributed by atoms with Gasteiger partial charge in [0, 0.05) is 10.6 Å². The first-order chi connectivity index (χ1) is 12.2. The van der Waals surface area contributed by atoms with E-state index in [1.807, 2.05) is 25.1 Å². The van der Waals surface area contributed by atoms with Crippen LogP contribution in [0.3, 0.4) is 0 Å². The molecule has 0 fully saturated rings. The predicted octanol–water partition coefficient (Wildman–Crippen LogP) is 2.86. The van der Waals surface area contributed by atoms with Gasteiger partial charge in [-0.1, -0.05) is 30.7 Å². The van der Waals surface area contributed by atoms with Crippen molar-refractivity contribution >= 4 is 23.2 Å². The number of carbonyl (C=O) groups is 1. The van der Waals surface area contributed by atoms with Gasteiger partial charge in [-0.2, -0.15) is 5.10 Å². The third-order valence-electron chi connectivity index (χ3n) is 3.53. The van der Waals surface area contributed by atoms with Gasteiger partial charge in [-0.05, 0) is 58.8 Å². The van der Waals surface area contributed by atoms with Crippen LogP contribution in [-0.2, 0) is 0 Å². The summed E-state index contributed by atoms with van der Waals surface area (Å²) in [5.74, 6) is -0.295. The Morgan fingerprint density at radius 3 is 2.64 bits per heavy atom. The van der Waals surface area contributed by atoms with Crippen LogP contribution in [0, 0.1) is 0 Å². The van der Waals surface area contributed by atoms with Crippen molar-refractivity contribution < 1.29 is 4.79 Å². The Bertz CT molecular complexity index is 890. The molecule has 7 nitrogen and oxygen atoms in total. The molecule has 0 radical (unpaired) electrons. The number of aromatic nitrogens is 4. The average molecular weight is 355 g/mol. The van der Waals surface area contributed by atoms with Crippen molar-refractivity contribution in [3.63, 3.8) is 0 Å². The second kappa shape index (κ2) is 7.67. The van der Waals surface area contributed by atoms with Crippen LogP contribution < -0.4 is 5.43 Å². The third-order valence-corrected chi connectivity index (χ3v) is 3.76. The summed E-state index contributed by atoms with van der Waals surface area (Å²) in [5.41, 5.74) is 5.46. The molecule has 0 spiro atoms. The summed E-state index contributed by atoms with van der Waals surface area (Å²) in [6, 6.07) is 14.3. The van der Waals surface area contributed by atoms with Crippen molar-refractivity contribution in [2.24, 2.45) is 5.10 Å². The van der Waals surface area contributed by atoms with Gasteiger partial charge in [0.1, 0.15) is 6.33 Å². The van der Waals surface area contributed by atoms with E-state index < -0.39 is 0 Å². The van der Waals surface area contributed by atoms with Crippen molar-refractivity contribution in [2.75, 3.05) is 0 Å². The largest absolute Gasteiger partial charge is 0.271 e. The van der Waals surface area contributed by atoms with Gasteiger partial charge in [0.15, 0.2) is 0 Å². The van der Waals surface area contributed by atoms with Crippen molar-refractivity contribution in [2.45, 2.75) is 13.3 Å². The Morgan fingerprint density at radius 2 is 2.00 bits per heavy atom. The fourth-order valence-electron chi connectivity index (χ4n) is 2.24. The van der Waals surface area contributed by atoms with Gasteiger partial charge in [0.05, 0.1) is 11.4 Å². The average Bonchev–Trinajstić information content (AvgIpc) is 3.17. The highest BCUT2D eigenvalue weighted by molar-refractivity contribution is 6.31. The molecule has 3 rings (SSSR count). The highest BCUT2D eigenvalue weighted by Crippen LogP contribution is 2.13. The molecule has 0 aliphatic heterocycles. The molecule has 8 heteroatoms. The first-order valence-electron chi connectivity index (χ1n) is 7.63. The molecule has 25 heavy (non-hydrogen) atoms. The van der Waals surface area contributed by atoms with Crippen LogP contribution in [0.2, 0.25) is 5.02 Å². The first-order valence-corrected chi connectivity index (χ1v) is 8.01. The number of halogens is 1. The maximum Gasteiger partial charge on any atom is 0.271 e. The Morgan fingerprint density at radius 1 is 1.20 bits per heavy atom. The Balaban J connectivity index is 1.73. The van der Waals surface area contributed by atoms with E-state index >= 15 is 0 Å². The lowest BCUT2D eigenvalue weighted by Crippen LogP contribution is -2.20. The molecule has 1 N–H and O–H groups in total. The van der Waals surface area contributed by atoms with Crippen LogP contribution in [-0.4, -0.2) is 31.8 Å². The SMILES string of the molecule is CC/C(=N\NC(=O)c1ccc(-n2cnnn2)cc1)c1cccc(Cl)c1. The summed E-state index contributed by atoms with van der Waals surface area (Å²) in [7, 11) is 0. The second-order valence-electron chi connectivity index (χ2n) is 5.16. The van der Waals surface area contributed by atoms with Gasteiger partial charge in [-0.25, -0.2) is 10.1 Å². The molecule has 1 heterocycles. The zero-order valence-corrected chi connectivity index (χ0v) is 14.2. The van der Waals surface area contributed by atoms with E-state index in [-0.39, 0.29) is 5.91 Å². The summed E-state index contributed by atoms with van der Waals surface area (Å²) in [4.78, 5) is 12.3. The quantitative estimate of drug-likeness (QED) is 0.564. The maximum absolute atomic E-state index is 12.3. The molecule has 1 amide bonds. The van der Waals surface area contributed by atoms with Crippen LogP contribution in [0.15, 0.2) is 60.0 Å². The number of tetrazole rings is 1. The molecule has 0 saturated heterocycles. The van der Waals surface area contributed by atoms with Crippen LogP contribution >= 0.6 is 11.6 Å². The van der Waals surface area contributed by atoms with E-state index in [0.717, 1.165) is 17.0 Å². The normalized spacial score (nSPS) is 11.4. The maximum atomic E-state index is 12.3. The number of nitrogens with one attached hydrogen (secondary N) is 1. The van der Waals surface area contributed by atoms with Crippen LogP contribution in [0.1, 0.15) is 29.3 Å². The van der Waals surface area contributed by atoms with Crippen molar-refractivity contribution in [3.05, 3.63) is 71.0 Å². The van der Waals surface area contributed by atoms with Gasteiger partial charge in [-0.15, -0.1) is 5.10 Å². The zero-order valence-electron chi connectivity index (χ0n) is 13.4. The Labute approximate surface area is 149 Å². The van der Waals surface area contributed by atoms with E-state index in [1.54, 1.807) is 30.3 Å². The lowest BCUT2D eigenvalue weighted by molar-refractivity contribution is 0.0955. The molecule has 0 unspecified atom stereocenters. The van der Waals surface area contributed by atoms with Crippen LogP contribution in [0.4, 0.5) is 0 Å². The molecular weight excluding hydrogens is 340 g/mol. The van der Waals surface area contributed by atoms with E-state index in [0.29, 0.717) is 17.0 Å². The highest BCUT2D eigenvalue weighted by Gasteiger charge is 2.07. The van der Waals surface area contributed by atoms with Crippen molar-refractivity contribution in [3.8, 4) is 5.69 Å². The molecule has 3 aromatic rings. The number of amides is 1. The molecule has 1 aromatic heterocycles. The third kappa shape index (κ3) is 4.07. The molecule has 0 atom stereocenters. The monoisotopic (exact) mass is 354 g/mol. The van der Waals surface area contributed by atoms with Gasteiger partial charge in [0.25, 0.3) is 5.91 Å². The van der Waals surface area contributed by atoms with Gasteiger partial charge in [0.2, 0.25) is 0 Å². The number of rotatable bonds is 5. The van der Waals surface area contributed by atoms with Gasteiger partial charge in [-0.3, -0.25) is 4.79 Å². The Hall–Kier alpha value is -3.06.